The highest BCUT2D eigenvalue weighted by molar-refractivity contribution is 6.34. The van der Waals surface area contributed by atoms with E-state index in [1.54, 1.807) is 6.20 Å². The normalized spacial score (nSPS) is 13.2. The Morgan fingerprint density at radius 3 is 2.68 bits per heavy atom. The van der Waals surface area contributed by atoms with Crippen LogP contribution in [0.3, 0.4) is 0 Å². The molecule has 3 aromatic rings. The number of hydrogen-bond acceptors (Lipinski definition) is 5. The molecule has 5 nitrogen and oxygen atoms in total. The average Bonchev–Trinajstić information content (AvgIpc) is 2.93. The van der Waals surface area contributed by atoms with Crippen molar-refractivity contribution in [2.75, 3.05) is 12.4 Å². The van der Waals surface area contributed by atoms with Crippen LogP contribution in [0.4, 0.5) is 10.1 Å². The van der Waals surface area contributed by atoms with Crippen molar-refractivity contribution in [1.29, 1.82) is 0 Å². The monoisotopic (exact) mass is 535 g/mol. The van der Waals surface area contributed by atoms with Gasteiger partial charge in [-0.05, 0) is 67.2 Å². The molecule has 3 rings (SSSR count). The number of carbonyl (C=O) groups excluding carboxylic acids is 1. The van der Waals surface area contributed by atoms with Crippen LogP contribution in [0.5, 0.6) is 0 Å². The van der Waals surface area contributed by atoms with E-state index in [0.717, 1.165) is 47.0 Å². The third kappa shape index (κ3) is 7.29. The van der Waals surface area contributed by atoms with Crippen LogP contribution >= 0.6 is 11.6 Å². The van der Waals surface area contributed by atoms with Crippen LogP contribution in [0.2, 0.25) is 5.02 Å². The fourth-order valence-electron chi connectivity index (χ4n) is 3.85. The zero-order valence-electron chi connectivity index (χ0n) is 22.6. The topological polar surface area (TPSA) is 63.6 Å². The molecule has 0 aliphatic carbocycles. The van der Waals surface area contributed by atoms with E-state index >= 15 is 0 Å². The number of aromatic nitrogens is 1. The van der Waals surface area contributed by atoms with Crippen LogP contribution in [0, 0.1) is 11.7 Å². The lowest BCUT2D eigenvalue weighted by Crippen LogP contribution is -2.07. The van der Waals surface area contributed by atoms with E-state index in [4.69, 9.17) is 21.3 Å². The van der Waals surface area contributed by atoms with Crippen molar-refractivity contribution in [2.45, 2.75) is 53.5 Å². The Morgan fingerprint density at radius 2 is 1.97 bits per heavy atom. The highest BCUT2D eigenvalue weighted by Crippen LogP contribution is 2.33. The van der Waals surface area contributed by atoms with Crippen LogP contribution in [0.15, 0.2) is 65.9 Å². The molecule has 38 heavy (non-hydrogen) atoms. The minimum atomic E-state index is -0.523. The van der Waals surface area contributed by atoms with E-state index in [-0.39, 0.29) is 12.1 Å². The molecule has 0 radical (unpaired) electrons. The van der Waals surface area contributed by atoms with Gasteiger partial charge >= 0.3 is 5.97 Å². The molecule has 0 amide bonds. The molecule has 1 aromatic heterocycles. The van der Waals surface area contributed by atoms with Crippen LogP contribution < -0.4 is 5.32 Å². The molecule has 1 N–H and O–H groups in total. The summed E-state index contributed by atoms with van der Waals surface area (Å²) in [7, 11) is 1.29. The molecule has 200 valence electrons. The number of halogens is 2. The number of fused-ring (bicyclic) bond motifs is 1. The number of carbonyl (C=O) groups is 1. The molecule has 0 bridgehead atoms. The lowest BCUT2D eigenvalue weighted by molar-refractivity contribution is 0.0600. The number of methoxy groups -OCH3 is 1. The Hall–Kier alpha value is -3.51. The van der Waals surface area contributed by atoms with Gasteiger partial charge in [0.15, 0.2) is 0 Å². The molecule has 0 fully saturated rings. The number of allylic oxidation sites excluding steroid dienone is 3. The van der Waals surface area contributed by atoms with E-state index in [9.17, 15) is 9.18 Å². The standard InChI is InChI=1S/C31H35ClFN3O2/c1-6-8-9-10-24(17-34-21(4)20(3)7-2)22-12-14-29-26(16-22)30(27(32)19-35-29)36-18-25-15-23(31(37)38-5)11-13-28(25)33/h9-17,19-20H,6-8,18H2,1-5H3,(H,35,36)/b10-9+,24-17+,34-21?. The molecule has 0 saturated heterocycles. The number of nitrogens with one attached hydrogen (secondary N) is 1. The Balaban J connectivity index is 2.03. The third-order valence-corrected chi connectivity index (χ3v) is 6.85. The number of hydrogen-bond donors (Lipinski definition) is 1. The second-order valence-corrected chi connectivity index (χ2v) is 9.63. The maximum absolute atomic E-state index is 14.5. The summed E-state index contributed by atoms with van der Waals surface area (Å²) in [4.78, 5) is 21.1. The summed E-state index contributed by atoms with van der Waals surface area (Å²) < 4.78 is 19.3. The van der Waals surface area contributed by atoms with E-state index in [1.807, 2.05) is 24.4 Å². The Bertz CT molecular complexity index is 1380. The fraction of sp³-hybridized carbons (Fsp3) is 0.323. The van der Waals surface area contributed by atoms with Crippen molar-refractivity contribution in [1.82, 2.24) is 4.98 Å². The molecule has 1 atom stereocenters. The van der Waals surface area contributed by atoms with Crippen molar-refractivity contribution in [3.63, 3.8) is 0 Å². The molecule has 0 spiro atoms. The first kappa shape index (κ1) is 29.1. The number of unbranched alkanes of at least 4 members (excludes halogenated alkanes) is 1. The zero-order chi connectivity index (χ0) is 27.7. The van der Waals surface area contributed by atoms with Gasteiger partial charge in [-0.15, -0.1) is 0 Å². The quantitative estimate of drug-likeness (QED) is 0.152. The van der Waals surface area contributed by atoms with Crippen molar-refractivity contribution in [3.05, 3.63) is 88.5 Å². The summed E-state index contributed by atoms with van der Waals surface area (Å²) in [6.07, 6.45) is 10.8. The van der Waals surface area contributed by atoms with Gasteiger partial charge in [0.05, 0.1) is 28.9 Å². The third-order valence-electron chi connectivity index (χ3n) is 6.56. The van der Waals surface area contributed by atoms with Gasteiger partial charge < -0.3 is 10.1 Å². The van der Waals surface area contributed by atoms with Gasteiger partial charge in [0.2, 0.25) is 0 Å². The number of esters is 1. The van der Waals surface area contributed by atoms with Crippen LogP contribution in [0.25, 0.3) is 16.5 Å². The van der Waals surface area contributed by atoms with Gasteiger partial charge in [0, 0.05) is 35.6 Å². The minimum absolute atomic E-state index is 0.122. The predicted octanol–water partition coefficient (Wildman–Crippen LogP) is 8.63. The molecule has 7 heteroatoms. The van der Waals surface area contributed by atoms with E-state index in [2.05, 4.69) is 50.1 Å². The van der Waals surface area contributed by atoms with Gasteiger partial charge in [-0.3, -0.25) is 9.98 Å². The molecule has 2 aromatic carbocycles. The number of anilines is 1. The summed E-state index contributed by atoms with van der Waals surface area (Å²) in [6.45, 7) is 8.65. The highest BCUT2D eigenvalue weighted by Gasteiger charge is 2.13. The first-order chi connectivity index (χ1) is 18.3. The number of pyridine rings is 1. The predicted molar refractivity (Wildman–Crippen MR) is 156 cm³/mol. The van der Waals surface area contributed by atoms with Gasteiger partial charge in [-0.2, -0.15) is 0 Å². The molecular weight excluding hydrogens is 501 g/mol. The minimum Gasteiger partial charge on any atom is -0.465 e. The molecule has 1 heterocycles. The second-order valence-electron chi connectivity index (χ2n) is 9.22. The Morgan fingerprint density at radius 1 is 1.21 bits per heavy atom. The van der Waals surface area contributed by atoms with E-state index in [0.29, 0.717) is 22.2 Å². The SMILES string of the molecule is CCC/C=C/C(=C\N=C(C)C(C)CC)c1ccc2ncc(Cl)c(NCc3cc(C(=O)OC)ccc3F)c2c1. The summed E-state index contributed by atoms with van der Waals surface area (Å²) in [5.74, 6) is -0.549. The van der Waals surface area contributed by atoms with Crippen LogP contribution in [-0.2, 0) is 11.3 Å². The molecular formula is C31H35ClFN3O2. The van der Waals surface area contributed by atoms with E-state index in [1.165, 1.54) is 25.3 Å². The maximum Gasteiger partial charge on any atom is 0.337 e. The van der Waals surface area contributed by atoms with E-state index < -0.39 is 11.8 Å². The van der Waals surface area contributed by atoms with Gasteiger partial charge in [-0.25, -0.2) is 9.18 Å². The average molecular weight is 536 g/mol. The van der Waals surface area contributed by atoms with Gasteiger partial charge in [0.1, 0.15) is 5.82 Å². The molecule has 1 unspecified atom stereocenters. The Kier molecular flexibility index (Phi) is 10.6. The fourth-order valence-corrected chi connectivity index (χ4v) is 4.07. The van der Waals surface area contributed by atoms with Crippen molar-refractivity contribution in [2.24, 2.45) is 10.9 Å². The molecule has 0 aliphatic rings. The summed E-state index contributed by atoms with van der Waals surface area (Å²) >= 11 is 6.56. The summed E-state index contributed by atoms with van der Waals surface area (Å²) in [6, 6.07) is 10.1. The second kappa shape index (κ2) is 13.9. The first-order valence-electron chi connectivity index (χ1n) is 12.9. The van der Waals surface area contributed by atoms with Gasteiger partial charge in [0.25, 0.3) is 0 Å². The highest BCUT2D eigenvalue weighted by atomic mass is 35.5. The lowest BCUT2D eigenvalue weighted by atomic mass is 10.0. The number of rotatable bonds is 11. The summed E-state index contributed by atoms with van der Waals surface area (Å²) in [5.41, 5.74) is 5.02. The number of nitrogens with zero attached hydrogens (tertiary/aromatic N) is 2. The maximum atomic E-state index is 14.5. The molecule has 0 saturated carbocycles. The Labute approximate surface area is 229 Å². The smallest absolute Gasteiger partial charge is 0.337 e. The number of aliphatic imine (C=N–C) groups is 1. The van der Waals surface area contributed by atoms with Crippen LogP contribution in [0.1, 0.15) is 68.4 Å². The van der Waals surface area contributed by atoms with Crippen molar-refractivity contribution < 1.29 is 13.9 Å². The molecule has 0 aliphatic heterocycles. The number of benzene rings is 2. The largest absolute Gasteiger partial charge is 0.465 e. The zero-order valence-corrected chi connectivity index (χ0v) is 23.4. The van der Waals surface area contributed by atoms with Crippen LogP contribution in [-0.4, -0.2) is 23.8 Å². The van der Waals surface area contributed by atoms with Crippen molar-refractivity contribution in [3.8, 4) is 0 Å². The lowest BCUT2D eigenvalue weighted by Gasteiger charge is -2.14. The van der Waals surface area contributed by atoms with Crippen molar-refractivity contribution >= 4 is 45.4 Å². The summed E-state index contributed by atoms with van der Waals surface area (Å²) in [5, 5.41) is 4.48. The number of ether oxygens (including phenoxy) is 1. The van der Waals surface area contributed by atoms with Gasteiger partial charge in [-0.1, -0.05) is 57.0 Å². The first-order valence-corrected chi connectivity index (χ1v) is 13.3.